The molecule has 0 aromatic carbocycles. The van der Waals surface area contributed by atoms with Crippen LogP contribution in [0.25, 0.3) is 0 Å². The van der Waals surface area contributed by atoms with Gasteiger partial charge in [0.25, 0.3) is 0 Å². The smallest absolute Gasteiger partial charge is 0.310 e. The van der Waals surface area contributed by atoms with Crippen LogP contribution >= 0.6 is 11.8 Å². The first-order valence-corrected chi connectivity index (χ1v) is 8.92. The Hall–Kier alpha value is -0.840. The van der Waals surface area contributed by atoms with E-state index in [1.54, 1.807) is 0 Å². The number of ether oxygens (including phenoxy) is 1. The molecule has 116 valence electrons. The lowest BCUT2D eigenvalue weighted by Crippen LogP contribution is -2.62. The summed E-state index contributed by atoms with van der Waals surface area (Å²) in [6.07, 6.45) is 3.28. The van der Waals surface area contributed by atoms with Crippen LogP contribution < -0.4 is 0 Å². The van der Waals surface area contributed by atoms with Crippen molar-refractivity contribution in [2.75, 3.05) is 12.0 Å². The quantitative estimate of drug-likeness (QED) is 0.577. The molecule has 4 nitrogen and oxygen atoms in total. The monoisotopic (exact) mass is 310 g/mol. The van der Waals surface area contributed by atoms with Crippen molar-refractivity contribution in [3.8, 4) is 0 Å². The van der Waals surface area contributed by atoms with E-state index in [9.17, 15) is 14.4 Å². The molecule has 0 radical (unpaired) electrons. The molecule has 1 saturated heterocycles. The van der Waals surface area contributed by atoms with Gasteiger partial charge in [0.2, 0.25) is 11.6 Å². The highest BCUT2D eigenvalue weighted by Crippen LogP contribution is 2.63. The number of carbonyl (C=O) groups is 3. The summed E-state index contributed by atoms with van der Waals surface area (Å²) in [6.45, 7) is 6.08. The van der Waals surface area contributed by atoms with Gasteiger partial charge >= 0.3 is 5.97 Å². The molecule has 3 aliphatic rings. The molecule has 0 unspecified atom stereocenters. The van der Waals surface area contributed by atoms with Crippen molar-refractivity contribution >= 4 is 29.3 Å². The van der Waals surface area contributed by atoms with Crippen molar-refractivity contribution < 1.29 is 19.1 Å². The third-order valence-corrected chi connectivity index (χ3v) is 6.61. The fraction of sp³-hybridized carbons (Fsp3) is 0.812. The van der Waals surface area contributed by atoms with Gasteiger partial charge in [0, 0.05) is 23.0 Å². The molecule has 21 heavy (non-hydrogen) atoms. The van der Waals surface area contributed by atoms with Crippen LogP contribution in [0.3, 0.4) is 0 Å². The van der Waals surface area contributed by atoms with Crippen LogP contribution in [-0.2, 0) is 19.1 Å². The zero-order valence-corrected chi connectivity index (χ0v) is 13.8. The van der Waals surface area contributed by atoms with Gasteiger partial charge in [-0.05, 0) is 24.5 Å². The van der Waals surface area contributed by atoms with E-state index >= 15 is 0 Å². The first-order valence-electron chi connectivity index (χ1n) is 7.52. The summed E-state index contributed by atoms with van der Waals surface area (Å²) in [4.78, 5) is 37.7. The van der Waals surface area contributed by atoms with Gasteiger partial charge in [-0.1, -0.05) is 20.8 Å². The maximum Gasteiger partial charge on any atom is 0.310 e. The van der Waals surface area contributed by atoms with Gasteiger partial charge in [0.15, 0.2) is 0 Å². The van der Waals surface area contributed by atoms with E-state index < -0.39 is 23.2 Å². The average molecular weight is 310 g/mol. The Balaban J connectivity index is 2.15. The first kappa shape index (κ1) is 15.1. The number of thioether (sulfide) groups is 1. The molecule has 3 fully saturated rings. The Morgan fingerprint density at radius 1 is 1.19 bits per heavy atom. The number of rotatable bonds is 2. The van der Waals surface area contributed by atoms with Crippen molar-refractivity contribution in [2.45, 2.75) is 39.7 Å². The summed E-state index contributed by atoms with van der Waals surface area (Å²) in [5.41, 5.74) is -0.779. The maximum absolute atomic E-state index is 12.8. The van der Waals surface area contributed by atoms with E-state index in [2.05, 4.69) is 0 Å². The number of hydrogen-bond donors (Lipinski definition) is 0. The number of esters is 1. The molecular weight excluding hydrogens is 288 g/mol. The van der Waals surface area contributed by atoms with Gasteiger partial charge in [0.05, 0.1) is 5.92 Å². The molecule has 0 N–H and O–H groups in total. The summed E-state index contributed by atoms with van der Waals surface area (Å²) in [6, 6.07) is 0. The van der Waals surface area contributed by atoms with Gasteiger partial charge in [-0.2, -0.15) is 11.8 Å². The third-order valence-electron chi connectivity index (χ3n) is 5.92. The molecule has 2 saturated carbocycles. The van der Waals surface area contributed by atoms with Crippen LogP contribution in [0, 0.1) is 28.6 Å². The zero-order valence-electron chi connectivity index (χ0n) is 13.0. The highest BCUT2D eigenvalue weighted by atomic mass is 32.2. The first-order chi connectivity index (χ1) is 9.75. The van der Waals surface area contributed by atoms with E-state index in [0.29, 0.717) is 5.75 Å². The second-order valence-corrected chi connectivity index (χ2v) is 8.43. The van der Waals surface area contributed by atoms with E-state index in [1.165, 1.54) is 11.8 Å². The van der Waals surface area contributed by atoms with Crippen LogP contribution in [0.15, 0.2) is 0 Å². The SMILES string of the molecule is CSC[C@@H]1C(=O)C(=O)[C@H]2C(C)(C)CC[C@@H]3OC(=O)[C@H]1[C@@]32C. The molecule has 0 spiro atoms. The molecule has 0 amide bonds. The topological polar surface area (TPSA) is 60.4 Å². The minimum atomic E-state index is -0.524. The summed E-state index contributed by atoms with van der Waals surface area (Å²) >= 11 is 1.51. The predicted molar refractivity (Wildman–Crippen MR) is 79.9 cm³/mol. The van der Waals surface area contributed by atoms with Crippen LogP contribution in [0.4, 0.5) is 0 Å². The number of hydrogen-bond acceptors (Lipinski definition) is 5. The lowest BCUT2D eigenvalue weighted by molar-refractivity contribution is -0.164. The van der Waals surface area contributed by atoms with E-state index in [1.807, 2.05) is 27.0 Å². The van der Waals surface area contributed by atoms with Crippen LogP contribution in [-0.4, -0.2) is 35.6 Å². The highest BCUT2D eigenvalue weighted by Gasteiger charge is 2.71. The van der Waals surface area contributed by atoms with Crippen molar-refractivity contribution in [3.05, 3.63) is 0 Å². The van der Waals surface area contributed by atoms with E-state index in [4.69, 9.17) is 4.74 Å². The molecule has 3 rings (SSSR count). The third kappa shape index (κ3) is 1.79. The van der Waals surface area contributed by atoms with Gasteiger partial charge in [-0.3, -0.25) is 14.4 Å². The lowest BCUT2D eigenvalue weighted by atomic mass is 9.46. The fourth-order valence-electron chi connectivity index (χ4n) is 5.08. The predicted octanol–water partition coefficient (Wildman–Crippen LogP) is 2.10. The fourth-order valence-corrected chi connectivity index (χ4v) is 5.79. The second-order valence-electron chi connectivity index (χ2n) is 7.52. The molecule has 0 aromatic heterocycles. The van der Waals surface area contributed by atoms with E-state index in [0.717, 1.165) is 12.8 Å². The maximum atomic E-state index is 12.8. The van der Waals surface area contributed by atoms with E-state index in [-0.39, 0.29) is 29.1 Å². The van der Waals surface area contributed by atoms with Gasteiger partial charge in [-0.15, -0.1) is 0 Å². The highest BCUT2D eigenvalue weighted by molar-refractivity contribution is 7.98. The average Bonchev–Trinajstić information content (AvgIpc) is 2.64. The Labute approximate surface area is 129 Å². The summed E-state index contributed by atoms with van der Waals surface area (Å²) in [5.74, 6) is -1.76. The van der Waals surface area contributed by atoms with Crippen LogP contribution in [0.2, 0.25) is 0 Å². The molecule has 5 heteroatoms. The number of ketones is 2. The summed E-state index contributed by atoms with van der Waals surface area (Å²) < 4.78 is 5.60. The summed E-state index contributed by atoms with van der Waals surface area (Å²) in [5, 5.41) is 0. The van der Waals surface area contributed by atoms with Crippen LogP contribution in [0.1, 0.15) is 33.6 Å². The molecule has 1 aliphatic heterocycles. The largest absolute Gasteiger partial charge is 0.461 e. The standard InChI is InChI=1S/C16H22O4S/c1-15(2)6-5-9-16(3)10(14(19)20-9)8(7-21-4)11(17)12(18)13(15)16/h8-10,13H,5-7H2,1-4H3/t8-,9-,10-,13-,16+/m0/s1. The van der Waals surface area contributed by atoms with Gasteiger partial charge in [0.1, 0.15) is 6.10 Å². The van der Waals surface area contributed by atoms with Crippen molar-refractivity contribution in [2.24, 2.45) is 28.6 Å². The Kier molecular flexibility index (Phi) is 3.28. The van der Waals surface area contributed by atoms with Gasteiger partial charge < -0.3 is 4.74 Å². The van der Waals surface area contributed by atoms with Crippen molar-refractivity contribution in [1.29, 1.82) is 0 Å². The van der Waals surface area contributed by atoms with Crippen LogP contribution in [0.5, 0.6) is 0 Å². The molecular formula is C16H22O4S. The molecule has 0 aromatic rings. The molecule has 0 bridgehead atoms. The number of carbonyl (C=O) groups excluding carboxylic acids is 3. The molecule has 5 atom stereocenters. The Morgan fingerprint density at radius 3 is 2.48 bits per heavy atom. The minimum absolute atomic E-state index is 0.213. The Morgan fingerprint density at radius 2 is 1.86 bits per heavy atom. The number of Topliss-reactive ketones (excluding diaryl/α,β-unsaturated/α-hetero) is 2. The molecule has 1 heterocycles. The van der Waals surface area contributed by atoms with Crippen molar-refractivity contribution in [3.63, 3.8) is 0 Å². The Bertz CT molecular complexity index is 526. The lowest BCUT2D eigenvalue weighted by Gasteiger charge is -2.54. The normalized spacial score (nSPS) is 44.5. The van der Waals surface area contributed by atoms with Gasteiger partial charge in [-0.25, -0.2) is 0 Å². The second kappa shape index (κ2) is 4.58. The molecule has 2 aliphatic carbocycles. The van der Waals surface area contributed by atoms with Crippen molar-refractivity contribution in [1.82, 2.24) is 0 Å². The summed E-state index contributed by atoms with van der Waals surface area (Å²) in [7, 11) is 0. The minimum Gasteiger partial charge on any atom is -0.461 e. The zero-order chi connectivity index (χ0) is 15.6.